The van der Waals surface area contributed by atoms with Crippen LogP contribution in [0.4, 0.5) is 11.9 Å². The average Bonchev–Trinajstić information content (AvgIpc) is 2.91. The monoisotopic (exact) mass is 291 g/mol. The van der Waals surface area contributed by atoms with Crippen molar-refractivity contribution in [3.8, 4) is 5.95 Å². The zero-order valence-electron chi connectivity index (χ0n) is 12.8. The van der Waals surface area contributed by atoms with Crippen LogP contribution in [0.3, 0.4) is 0 Å². The van der Waals surface area contributed by atoms with Crippen molar-refractivity contribution < 1.29 is 0 Å². The summed E-state index contributed by atoms with van der Waals surface area (Å²) < 4.78 is 1.50. The number of anilines is 2. The first-order valence-corrected chi connectivity index (χ1v) is 6.84. The van der Waals surface area contributed by atoms with Gasteiger partial charge in [-0.3, -0.25) is 0 Å². The van der Waals surface area contributed by atoms with Crippen molar-refractivity contribution in [2.45, 2.75) is 19.9 Å². The van der Waals surface area contributed by atoms with Crippen LogP contribution >= 0.6 is 0 Å². The lowest BCUT2D eigenvalue weighted by Gasteiger charge is -2.18. The van der Waals surface area contributed by atoms with Crippen LogP contribution in [0.15, 0.2) is 12.7 Å². The smallest absolute Gasteiger partial charge is 0.258 e. The fourth-order valence-electron chi connectivity index (χ4n) is 1.89. The Morgan fingerprint density at radius 2 is 2.00 bits per heavy atom. The van der Waals surface area contributed by atoms with Crippen LogP contribution < -0.4 is 10.6 Å². The maximum Gasteiger partial charge on any atom is 0.258 e. The van der Waals surface area contributed by atoms with Crippen molar-refractivity contribution in [1.29, 1.82) is 0 Å². The van der Waals surface area contributed by atoms with Crippen molar-refractivity contribution in [3.05, 3.63) is 12.7 Å². The standard InChI is InChI=1S/C12H21N9/c1-5-14-10-17-11(16-9(2)6-20(3)4)19-12(18-10)21-8-13-7-15-21/h7-9H,5-6H2,1-4H3,(H2,14,16,17,18,19). The van der Waals surface area contributed by atoms with Crippen molar-refractivity contribution in [2.24, 2.45) is 0 Å². The first kappa shape index (κ1) is 15.1. The van der Waals surface area contributed by atoms with Gasteiger partial charge < -0.3 is 15.5 Å². The van der Waals surface area contributed by atoms with Crippen molar-refractivity contribution in [2.75, 3.05) is 37.8 Å². The molecular weight excluding hydrogens is 270 g/mol. The molecule has 0 saturated heterocycles. The van der Waals surface area contributed by atoms with Crippen LogP contribution in [0.5, 0.6) is 0 Å². The highest BCUT2D eigenvalue weighted by Gasteiger charge is 2.11. The molecule has 2 aromatic heterocycles. The van der Waals surface area contributed by atoms with E-state index in [1.54, 1.807) is 6.33 Å². The van der Waals surface area contributed by atoms with Gasteiger partial charge in [0.25, 0.3) is 5.95 Å². The van der Waals surface area contributed by atoms with Gasteiger partial charge >= 0.3 is 0 Å². The zero-order chi connectivity index (χ0) is 15.2. The van der Waals surface area contributed by atoms with Gasteiger partial charge in [-0.15, -0.1) is 0 Å². The fourth-order valence-corrected chi connectivity index (χ4v) is 1.89. The fraction of sp³-hybridized carbons (Fsp3) is 0.583. The SMILES string of the molecule is CCNc1nc(NC(C)CN(C)C)nc(-n2cncn2)n1. The molecule has 1 unspecified atom stereocenters. The van der Waals surface area contributed by atoms with Crippen LogP contribution in [0.1, 0.15) is 13.8 Å². The molecule has 0 aromatic carbocycles. The molecule has 9 nitrogen and oxygen atoms in total. The van der Waals surface area contributed by atoms with Gasteiger partial charge in [-0.2, -0.15) is 24.7 Å². The van der Waals surface area contributed by atoms with Crippen molar-refractivity contribution in [3.63, 3.8) is 0 Å². The second kappa shape index (κ2) is 6.93. The summed E-state index contributed by atoms with van der Waals surface area (Å²) in [6.45, 7) is 5.67. The van der Waals surface area contributed by atoms with Gasteiger partial charge in [-0.05, 0) is 27.9 Å². The van der Waals surface area contributed by atoms with E-state index in [0.29, 0.717) is 17.8 Å². The van der Waals surface area contributed by atoms with E-state index in [0.717, 1.165) is 13.1 Å². The van der Waals surface area contributed by atoms with E-state index in [9.17, 15) is 0 Å². The molecule has 1 atom stereocenters. The molecule has 2 aromatic rings. The normalized spacial score (nSPS) is 12.4. The molecule has 2 heterocycles. The Labute approximate surface area is 123 Å². The predicted octanol–water partition coefficient (Wildman–Crippen LogP) is 0.246. The van der Waals surface area contributed by atoms with E-state index in [-0.39, 0.29) is 6.04 Å². The lowest BCUT2D eigenvalue weighted by atomic mass is 10.3. The maximum atomic E-state index is 4.37. The first-order chi connectivity index (χ1) is 10.1. The highest BCUT2D eigenvalue weighted by molar-refractivity contribution is 5.38. The van der Waals surface area contributed by atoms with Gasteiger partial charge in [0.15, 0.2) is 0 Å². The quantitative estimate of drug-likeness (QED) is 0.749. The van der Waals surface area contributed by atoms with Gasteiger partial charge in [0.05, 0.1) is 0 Å². The van der Waals surface area contributed by atoms with E-state index in [1.807, 2.05) is 21.0 Å². The van der Waals surface area contributed by atoms with E-state index in [1.165, 1.54) is 11.0 Å². The highest BCUT2D eigenvalue weighted by atomic mass is 15.4. The second-order valence-corrected chi connectivity index (χ2v) is 4.96. The molecule has 0 aliphatic carbocycles. The lowest BCUT2D eigenvalue weighted by molar-refractivity contribution is 0.391. The summed E-state index contributed by atoms with van der Waals surface area (Å²) in [4.78, 5) is 19.0. The largest absolute Gasteiger partial charge is 0.354 e. The molecule has 2 N–H and O–H groups in total. The third kappa shape index (κ3) is 4.35. The molecule has 0 radical (unpaired) electrons. The van der Waals surface area contributed by atoms with Crippen LogP contribution in [0.2, 0.25) is 0 Å². The molecule has 0 saturated carbocycles. The number of rotatable bonds is 7. The van der Waals surface area contributed by atoms with Gasteiger partial charge in [0, 0.05) is 19.1 Å². The van der Waals surface area contributed by atoms with E-state index in [2.05, 4.69) is 47.5 Å². The van der Waals surface area contributed by atoms with Crippen LogP contribution in [0.25, 0.3) is 5.95 Å². The maximum absolute atomic E-state index is 4.37. The minimum atomic E-state index is 0.209. The Bertz CT molecular complexity index is 552. The Hall–Kier alpha value is -2.29. The molecule has 21 heavy (non-hydrogen) atoms. The second-order valence-electron chi connectivity index (χ2n) is 4.96. The number of likely N-dealkylation sites (N-methyl/N-ethyl adjacent to an activating group) is 1. The summed E-state index contributed by atoms with van der Waals surface area (Å²) in [6.07, 6.45) is 3.00. The molecule has 0 aliphatic heterocycles. The number of hydrogen-bond donors (Lipinski definition) is 2. The molecule has 9 heteroatoms. The number of nitrogens with one attached hydrogen (secondary N) is 2. The lowest BCUT2D eigenvalue weighted by Crippen LogP contribution is -2.30. The third-order valence-corrected chi connectivity index (χ3v) is 2.60. The molecule has 0 aliphatic rings. The molecule has 0 bridgehead atoms. The Balaban J connectivity index is 2.23. The van der Waals surface area contributed by atoms with Crippen LogP contribution in [-0.4, -0.2) is 67.8 Å². The van der Waals surface area contributed by atoms with E-state index in [4.69, 9.17) is 0 Å². The summed E-state index contributed by atoms with van der Waals surface area (Å²) in [6, 6.07) is 0.209. The van der Waals surface area contributed by atoms with Gasteiger partial charge in [0.2, 0.25) is 11.9 Å². The number of nitrogens with zero attached hydrogens (tertiary/aromatic N) is 7. The summed E-state index contributed by atoms with van der Waals surface area (Å²) in [5.74, 6) is 1.45. The summed E-state index contributed by atoms with van der Waals surface area (Å²) in [7, 11) is 4.05. The van der Waals surface area contributed by atoms with E-state index >= 15 is 0 Å². The van der Waals surface area contributed by atoms with Crippen molar-refractivity contribution >= 4 is 11.9 Å². The molecule has 0 spiro atoms. The van der Waals surface area contributed by atoms with Crippen molar-refractivity contribution in [1.82, 2.24) is 34.6 Å². The molecule has 0 amide bonds. The van der Waals surface area contributed by atoms with Gasteiger partial charge in [0.1, 0.15) is 12.7 Å². The highest BCUT2D eigenvalue weighted by Crippen LogP contribution is 2.09. The summed E-state index contributed by atoms with van der Waals surface area (Å²) in [5.41, 5.74) is 0. The van der Waals surface area contributed by atoms with Gasteiger partial charge in [-0.1, -0.05) is 0 Å². The van der Waals surface area contributed by atoms with Gasteiger partial charge in [-0.25, -0.2) is 4.98 Å². The topological polar surface area (TPSA) is 96.7 Å². The number of hydrogen-bond acceptors (Lipinski definition) is 8. The minimum absolute atomic E-state index is 0.209. The average molecular weight is 291 g/mol. The summed E-state index contributed by atoms with van der Waals surface area (Å²) >= 11 is 0. The molecule has 114 valence electrons. The zero-order valence-corrected chi connectivity index (χ0v) is 12.8. The number of aromatic nitrogens is 6. The molecule has 0 fully saturated rings. The van der Waals surface area contributed by atoms with Crippen LogP contribution in [0, 0.1) is 0 Å². The minimum Gasteiger partial charge on any atom is -0.354 e. The summed E-state index contributed by atoms with van der Waals surface area (Å²) in [5, 5.41) is 10.4. The Morgan fingerprint density at radius 1 is 1.24 bits per heavy atom. The molecule has 2 rings (SSSR count). The predicted molar refractivity (Wildman–Crippen MR) is 80.5 cm³/mol. The first-order valence-electron chi connectivity index (χ1n) is 6.84. The van der Waals surface area contributed by atoms with E-state index < -0.39 is 0 Å². The Kier molecular flexibility index (Phi) is 4.99. The van der Waals surface area contributed by atoms with Crippen LogP contribution in [-0.2, 0) is 0 Å². The molecular formula is C12H21N9. The Morgan fingerprint density at radius 3 is 2.62 bits per heavy atom. The third-order valence-electron chi connectivity index (χ3n) is 2.60.